The second-order valence-corrected chi connectivity index (χ2v) is 3.32. The molecule has 0 saturated carbocycles. The van der Waals surface area contributed by atoms with E-state index in [9.17, 15) is 4.79 Å². The van der Waals surface area contributed by atoms with E-state index < -0.39 is 0 Å². The molecule has 1 aromatic rings. The number of nitrogens with two attached hydrogens (primary N) is 1. The van der Waals surface area contributed by atoms with Crippen LogP contribution in [0, 0.1) is 13.8 Å². The monoisotopic (exact) mass is 177 g/mol. The third kappa shape index (κ3) is 1.00. The fourth-order valence-electron chi connectivity index (χ4n) is 1.64. The van der Waals surface area contributed by atoms with Crippen molar-refractivity contribution in [2.24, 2.45) is 0 Å². The lowest BCUT2D eigenvalue weighted by atomic mass is 10.0. The molecule has 0 bridgehead atoms. The van der Waals surface area contributed by atoms with Crippen LogP contribution in [-0.2, 0) is 0 Å². The molecule has 0 aliphatic carbocycles. The topological polar surface area (TPSA) is 52.3 Å². The number of nitrogen functional groups attached to an aromatic ring is 1. The number of rotatable bonds is 0. The van der Waals surface area contributed by atoms with Crippen LogP contribution < -0.4 is 10.5 Å². The van der Waals surface area contributed by atoms with Gasteiger partial charge in [0.25, 0.3) is 0 Å². The van der Waals surface area contributed by atoms with Crippen LogP contribution in [0.2, 0.25) is 0 Å². The molecule has 1 aliphatic rings. The summed E-state index contributed by atoms with van der Waals surface area (Å²) in [6.45, 7) is 3.92. The highest BCUT2D eigenvalue weighted by atomic mass is 16.5. The van der Waals surface area contributed by atoms with Gasteiger partial charge in [0, 0.05) is 5.69 Å². The highest BCUT2D eigenvalue weighted by Crippen LogP contribution is 2.33. The maximum atomic E-state index is 11.4. The predicted octanol–water partition coefficient (Wildman–Crippen LogP) is 1.46. The van der Waals surface area contributed by atoms with Gasteiger partial charge in [-0.1, -0.05) is 0 Å². The summed E-state index contributed by atoms with van der Waals surface area (Å²) in [7, 11) is 0. The molecular formula is C10H11NO2. The summed E-state index contributed by atoms with van der Waals surface area (Å²) in [6, 6.07) is 1.82. The van der Waals surface area contributed by atoms with Gasteiger partial charge < -0.3 is 10.5 Å². The van der Waals surface area contributed by atoms with Crippen molar-refractivity contribution in [1.82, 2.24) is 0 Å². The molecule has 68 valence electrons. The normalized spacial score (nSPS) is 14.2. The molecule has 0 fully saturated rings. The molecule has 0 saturated heterocycles. The number of Topliss-reactive ketones (excluding diaryl/α,β-unsaturated/α-hetero) is 1. The van der Waals surface area contributed by atoms with Crippen LogP contribution in [0.15, 0.2) is 6.07 Å². The van der Waals surface area contributed by atoms with E-state index in [1.165, 1.54) is 0 Å². The maximum Gasteiger partial charge on any atom is 0.204 e. The van der Waals surface area contributed by atoms with Crippen molar-refractivity contribution < 1.29 is 9.53 Å². The van der Waals surface area contributed by atoms with Crippen molar-refractivity contribution in [3.05, 3.63) is 22.8 Å². The van der Waals surface area contributed by atoms with E-state index in [-0.39, 0.29) is 12.4 Å². The minimum Gasteiger partial charge on any atom is -0.485 e. The van der Waals surface area contributed by atoms with Gasteiger partial charge in [-0.05, 0) is 31.0 Å². The fraction of sp³-hybridized carbons (Fsp3) is 0.300. The third-order valence-electron chi connectivity index (χ3n) is 2.44. The minimum atomic E-state index is 0.0270. The molecule has 1 heterocycles. The standard InChI is InChI=1S/C10H11NO2/c1-5-3-8-9(6(2)10(5)11)7(12)4-13-8/h3H,4,11H2,1-2H3. The van der Waals surface area contributed by atoms with Crippen LogP contribution >= 0.6 is 0 Å². The van der Waals surface area contributed by atoms with E-state index in [1.807, 2.05) is 19.9 Å². The van der Waals surface area contributed by atoms with Crippen molar-refractivity contribution in [2.45, 2.75) is 13.8 Å². The quantitative estimate of drug-likeness (QED) is 0.610. The average molecular weight is 177 g/mol. The number of aryl methyl sites for hydroxylation is 1. The Hall–Kier alpha value is -1.51. The van der Waals surface area contributed by atoms with Crippen molar-refractivity contribution in [2.75, 3.05) is 12.3 Å². The van der Waals surface area contributed by atoms with Gasteiger partial charge in [0.05, 0.1) is 5.56 Å². The minimum absolute atomic E-state index is 0.0270. The van der Waals surface area contributed by atoms with Gasteiger partial charge in [-0.3, -0.25) is 4.79 Å². The molecule has 2 N–H and O–H groups in total. The van der Waals surface area contributed by atoms with E-state index in [0.29, 0.717) is 17.0 Å². The van der Waals surface area contributed by atoms with E-state index in [1.54, 1.807) is 0 Å². The average Bonchev–Trinajstić information content (AvgIpc) is 2.43. The zero-order valence-corrected chi connectivity index (χ0v) is 7.68. The molecule has 0 amide bonds. The van der Waals surface area contributed by atoms with Crippen LogP contribution in [0.4, 0.5) is 5.69 Å². The summed E-state index contributed by atoms with van der Waals surface area (Å²) in [4.78, 5) is 11.4. The molecule has 2 rings (SSSR count). The lowest BCUT2D eigenvalue weighted by Gasteiger charge is -2.07. The Kier molecular flexibility index (Phi) is 1.55. The number of anilines is 1. The molecular weight excluding hydrogens is 166 g/mol. The van der Waals surface area contributed by atoms with Crippen molar-refractivity contribution in [1.29, 1.82) is 0 Å². The zero-order chi connectivity index (χ0) is 9.59. The first kappa shape index (κ1) is 8.10. The van der Waals surface area contributed by atoms with Gasteiger partial charge in [0.2, 0.25) is 5.78 Å². The first-order valence-electron chi connectivity index (χ1n) is 4.17. The molecule has 0 aromatic heterocycles. The number of hydrogen-bond acceptors (Lipinski definition) is 3. The van der Waals surface area contributed by atoms with Crippen molar-refractivity contribution in [3.63, 3.8) is 0 Å². The van der Waals surface area contributed by atoms with Crippen molar-refractivity contribution in [3.8, 4) is 5.75 Å². The molecule has 1 aliphatic heterocycles. The lowest BCUT2D eigenvalue weighted by Crippen LogP contribution is -2.02. The largest absolute Gasteiger partial charge is 0.485 e. The molecule has 13 heavy (non-hydrogen) atoms. The van der Waals surface area contributed by atoms with Gasteiger partial charge in [0.15, 0.2) is 6.61 Å². The number of benzene rings is 1. The third-order valence-corrected chi connectivity index (χ3v) is 2.44. The summed E-state index contributed by atoms with van der Waals surface area (Å²) in [5.41, 5.74) is 8.97. The van der Waals surface area contributed by atoms with E-state index in [4.69, 9.17) is 10.5 Å². The van der Waals surface area contributed by atoms with Crippen LogP contribution in [0.3, 0.4) is 0 Å². The van der Waals surface area contributed by atoms with Crippen LogP contribution in [0.25, 0.3) is 0 Å². The molecule has 0 radical (unpaired) electrons. The Bertz CT molecular complexity index is 396. The van der Waals surface area contributed by atoms with Gasteiger partial charge in [0.1, 0.15) is 5.75 Å². The van der Waals surface area contributed by atoms with Gasteiger partial charge in [-0.2, -0.15) is 0 Å². The summed E-state index contributed by atoms with van der Waals surface area (Å²) in [5.74, 6) is 0.702. The Balaban J connectivity index is 2.75. The van der Waals surface area contributed by atoms with E-state index in [0.717, 1.165) is 11.1 Å². The number of carbonyl (C=O) groups is 1. The van der Waals surface area contributed by atoms with Gasteiger partial charge in [-0.15, -0.1) is 0 Å². The molecule has 1 aromatic carbocycles. The van der Waals surface area contributed by atoms with Crippen molar-refractivity contribution >= 4 is 11.5 Å². The highest BCUT2D eigenvalue weighted by Gasteiger charge is 2.25. The first-order valence-corrected chi connectivity index (χ1v) is 4.17. The first-order chi connectivity index (χ1) is 6.11. The Morgan fingerprint density at radius 1 is 1.46 bits per heavy atom. The zero-order valence-electron chi connectivity index (χ0n) is 7.68. The lowest BCUT2D eigenvalue weighted by molar-refractivity contribution is 0.0961. The van der Waals surface area contributed by atoms with E-state index >= 15 is 0 Å². The SMILES string of the molecule is Cc1cc2c(c(C)c1N)C(=O)CO2. The molecule has 0 spiro atoms. The Morgan fingerprint density at radius 2 is 2.15 bits per heavy atom. The molecule has 0 atom stereocenters. The molecule has 0 unspecified atom stereocenters. The maximum absolute atomic E-state index is 11.4. The Morgan fingerprint density at radius 3 is 2.85 bits per heavy atom. The fourth-order valence-corrected chi connectivity index (χ4v) is 1.64. The number of carbonyl (C=O) groups excluding carboxylic acids is 1. The number of ether oxygens (including phenoxy) is 1. The van der Waals surface area contributed by atoms with Gasteiger partial charge >= 0.3 is 0 Å². The van der Waals surface area contributed by atoms with Crippen LogP contribution in [-0.4, -0.2) is 12.4 Å². The molecule has 3 nitrogen and oxygen atoms in total. The highest BCUT2D eigenvalue weighted by molar-refractivity contribution is 6.04. The second-order valence-electron chi connectivity index (χ2n) is 3.32. The Labute approximate surface area is 76.5 Å². The van der Waals surface area contributed by atoms with E-state index in [2.05, 4.69) is 0 Å². The molecule has 3 heteroatoms. The van der Waals surface area contributed by atoms with Gasteiger partial charge in [-0.25, -0.2) is 0 Å². The summed E-state index contributed by atoms with van der Waals surface area (Å²) in [5, 5.41) is 0. The second kappa shape index (κ2) is 2.49. The van der Waals surface area contributed by atoms with Crippen LogP contribution in [0.1, 0.15) is 21.5 Å². The van der Waals surface area contributed by atoms with Crippen LogP contribution in [0.5, 0.6) is 5.75 Å². The summed E-state index contributed by atoms with van der Waals surface area (Å²) >= 11 is 0. The number of hydrogen-bond donors (Lipinski definition) is 1. The number of ketones is 1. The summed E-state index contributed by atoms with van der Waals surface area (Å²) in [6.07, 6.45) is 0. The number of fused-ring (bicyclic) bond motifs is 1. The predicted molar refractivity (Wildman–Crippen MR) is 50.2 cm³/mol. The summed E-state index contributed by atoms with van der Waals surface area (Å²) < 4.78 is 5.22. The smallest absolute Gasteiger partial charge is 0.204 e.